The van der Waals surface area contributed by atoms with Crippen molar-refractivity contribution in [1.82, 2.24) is 9.97 Å². The summed E-state index contributed by atoms with van der Waals surface area (Å²) in [6.07, 6.45) is -5.85. The minimum absolute atomic E-state index is 0.521. The van der Waals surface area contributed by atoms with Crippen molar-refractivity contribution in [1.29, 1.82) is 0 Å². The molecule has 0 aliphatic rings. The van der Waals surface area contributed by atoms with Gasteiger partial charge in [0.25, 0.3) is 12.9 Å². The van der Waals surface area contributed by atoms with Crippen LogP contribution in [0.5, 0.6) is 0 Å². The largest absolute Gasteiger partial charge is 0.476 e. The minimum Gasteiger partial charge on any atom is -0.476 e. The highest BCUT2D eigenvalue weighted by Gasteiger charge is 2.26. The number of hydrogen-bond donors (Lipinski definition) is 1. The lowest BCUT2D eigenvalue weighted by atomic mass is 10.0. The highest BCUT2D eigenvalue weighted by atomic mass is 35.5. The fraction of sp³-hybridized carbons (Fsp3) is 0.154. The first-order valence-corrected chi connectivity index (χ1v) is 6.26. The van der Waals surface area contributed by atoms with Crippen LogP contribution >= 0.6 is 11.6 Å². The first kappa shape index (κ1) is 17.1. The second kappa shape index (κ2) is 6.45. The summed E-state index contributed by atoms with van der Waals surface area (Å²) in [6.45, 7) is 0. The quantitative estimate of drug-likeness (QED) is 0.822. The van der Waals surface area contributed by atoms with Crippen LogP contribution in [0.25, 0.3) is 11.3 Å². The van der Waals surface area contributed by atoms with Crippen LogP contribution in [0, 0.1) is 5.82 Å². The van der Waals surface area contributed by atoms with Crippen LogP contribution in [-0.2, 0) is 0 Å². The lowest BCUT2D eigenvalue weighted by molar-refractivity contribution is 0.0674. The number of carbonyl (C=O) groups is 1. The molecule has 0 atom stereocenters. The number of aromatic nitrogens is 2. The maximum Gasteiger partial charge on any atom is 0.356 e. The Morgan fingerprint density at radius 3 is 2.35 bits per heavy atom. The molecule has 0 amide bonds. The zero-order chi connectivity index (χ0) is 17.3. The van der Waals surface area contributed by atoms with E-state index in [0.29, 0.717) is 6.20 Å². The van der Waals surface area contributed by atoms with Crippen LogP contribution in [0.3, 0.4) is 0 Å². The predicted molar refractivity (Wildman–Crippen MR) is 69.3 cm³/mol. The molecule has 1 N–H and O–H groups in total. The average Bonchev–Trinajstić information content (AvgIpc) is 2.48. The second-order valence-electron chi connectivity index (χ2n) is 4.22. The Morgan fingerprint density at radius 1 is 1.17 bits per heavy atom. The van der Waals surface area contributed by atoms with Gasteiger partial charge in [0.15, 0.2) is 11.5 Å². The summed E-state index contributed by atoms with van der Waals surface area (Å²) in [5.41, 5.74) is -4.61. The van der Waals surface area contributed by atoms with Crippen LogP contribution < -0.4 is 0 Å². The van der Waals surface area contributed by atoms with Gasteiger partial charge in [-0.15, -0.1) is 0 Å². The monoisotopic (exact) mass is 352 g/mol. The van der Waals surface area contributed by atoms with Crippen LogP contribution in [0.1, 0.15) is 34.6 Å². The summed E-state index contributed by atoms with van der Waals surface area (Å²) in [6, 6.07) is 1.70. The summed E-state index contributed by atoms with van der Waals surface area (Å²) >= 11 is 5.51. The third kappa shape index (κ3) is 3.24. The van der Waals surface area contributed by atoms with E-state index < -0.39 is 57.9 Å². The number of hydrogen-bond acceptors (Lipinski definition) is 3. The number of halogens is 6. The highest BCUT2D eigenvalue weighted by Crippen LogP contribution is 2.36. The van der Waals surface area contributed by atoms with Gasteiger partial charge in [-0.1, -0.05) is 17.7 Å². The third-order valence-corrected chi connectivity index (χ3v) is 3.12. The Bertz CT molecular complexity index is 770. The van der Waals surface area contributed by atoms with Gasteiger partial charge in [0.1, 0.15) is 5.69 Å². The number of benzene rings is 1. The normalized spacial score (nSPS) is 11.3. The molecule has 0 fully saturated rings. The van der Waals surface area contributed by atoms with E-state index in [2.05, 4.69) is 9.97 Å². The Hall–Kier alpha value is -2.29. The Balaban J connectivity index is 2.75. The van der Waals surface area contributed by atoms with Gasteiger partial charge in [0, 0.05) is 11.1 Å². The predicted octanol–water partition coefficient (Wildman–Crippen LogP) is 4.51. The molecule has 0 radical (unpaired) electrons. The lowest BCUT2D eigenvalue weighted by Crippen LogP contribution is -2.10. The molecular weight excluding hydrogens is 347 g/mol. The Labute approximate surface area is 130 Å². The summed E-state index contributed by atoms with van der Waals surface area (Å²) in [4.78, 5) is 17.4. The Morgan fingerprint density at radius 2 is 1.83 bits per heavy atom. The standard InChI is InChI=1S/C13H6ClF5N2O2/c14-5-2-1-4(11(16)17)7(8(5)15)6-3-20-10(13(22)23)9(21-6)12(18)19/h1-3,11-12H,(H,22,23). The molecule has 23 heavy (non-hydrogen) atoms. The van der Waals surface area contributed by atoms with Gasteiger partial charge in [-0.3, -0.25) is 0 Å². The van der Waals surface area contributed by atoms with E-state index in [1.165, 1.54) is 0 Å². The molecule has 4 nitrogen and oxygen atoms in total. The van der Waals surface area contributed by atoms with E-state index in [4.69, 9.17) is 16.7 Å². The molecule has 0 unspecified atom stereocenters. The smallest absolute Gasteiger partial charge is 0.356 e. The van der Waals surface area contributed by atoms with E-state index in [9.17, 15) is 26.7 Å². The van der Waals surface area contributed by atoms with Gasteiger partial charge in [-0.2, -0.15) is 0 Å². The maximum absolute atomic E-state index is 14.1. The van der Waals surface area contributed by atoms with Crippen LogP contribution in [-0.4, -0.2) is 21.0 Å². The molecule has 0 saturated carbocycles. The van der Waals surface area contributed by atoms with Crippen molar-refractivity contribution < 1.29 is 31.9 Å². The molecular formula is C13H6ClF5N2O2. The van der Waals surface area contributed by atoms with Gasteiger partial charge < -0.3 is 5.11 Å². The van der Waals surface area contributed by atoms with Gasteiger partial charge in [0.2, 0.25) is 0 Å². The molecule has 0 spiro atoms. The zero-order valence-corrected chi connectivity index (χ0v) is 11.7. The van der Waals surface area contributed by atoms with E-state index >= 15 is 0 Å². The van der Waals surface area contributed by atoms with Gasteiger partial charge in [-0.25, -0.2) is 36.7 Å². The molecule has 0 aliphatic heterocycles. The lowest BCUT2D eigenvalue weighted by Gasteiger charge is -2.12. The molecule has 1 aromatic carbocycles. The maximum atomic E-state index is 14.1. The summed E-state index contributed by atoms with van der Waals surface area (Å²) < 4.78 is 65.8. The number of carboxylic acid groups (broad SMARTS) is 1. The van der Waals surface area contributed by atoms with Gasteiger partial charge in [-0.05, 0) is 6.07 Å². The molecule has 0 bridgehead atoms. The van der Waals surface area contributed by atoms with Crippen molar-refractivity contribution in [2.45, 2.75) is 12.9 Å². The number of rotatable bonds is 4. The topological polar surface area (TPSA) is 63.1 Å². The van der Waals surface area contributed by atoms with E-state index in [-0.39, 0.29) is 0 Å². The van der Waals surface area contributed by atoms with E-state index in [0.717, 1.165) is 12.1 Å². The molecule has 1 heterocycles. The molecule has 2 aromatic rings. The van der Waals surface area contributed by atoms with Crippen molar-refractivity contribution >= 4 is 17.6 Å². The van der Waals surface area contributed by atoms with Gasteiger partial charge in [0.05, 0.1) is 16.9 Å². The molecule has 0 aliphatic carbocycles. The van der Waals surface area contributed by atoms with Crippen molar-refractivity contribution in [2.24, 2.45) is 0 Å². The van der Waals surface area contributed by atoms with Crippen molar-refractivity contribution in [2.75, 3.05) is 0 Å². The average molecular weight is 353 g/mol. The van der Waals surface area contributed by atoms with Crippen molar-refractivity contribution in [3.8, 4) is 11.3 Å². The summed E-state index contributed by atoms with van der Waals surface area (Å²) in [7, 11) is 0. The van der Waals surface area contributed by atoms with Gasteiger partial charge >= 0.3 is 5.97 Å². The van der Waals surface area contributed by atoms with Crippen molar-refractivity contribution in [3.05, 3.63) is 46.1 Å². The number of aromatic carboxylic acids is 1. The summed E-state index contributed by atoms with van der Waals surface area (Å²) in [5, 5.41) is 8.25. The first-order valence-electron chi connectivity index (χ1n) is 5.88. The number of carboxylic acids is 1. The minimum atomic E-state index is -3.34. The van der Waals surface area contributed by atoms with E-state index in [1.54, 1.807) is 0 Å². The van der Waals surface area contributed by atoms with Crippen molar-refractivity contribution in [3.63, 3.8) is 0 Å². The summed E-state index contributed by atoms with van der Waals surface area (Å²) in [5.74, 6) is -3.07. The Kier molecular flexibility index (Phi) is 4.79. The molecule has 10 heteroatoms. The molecule has 0 saturated heterocycles. The van der Waals surface area contributed by atoms with Crippen LogP contribution in [0.4, 0.5) is 22.0 Å². The number of alkyl halides is 4. The third-order valence-electron chi connectivity index (χ3n) is 2.83. The van der Waals surface area contributed by atoms with E-state index in [1.807, 2.05) is 0 Å². The van der Waals surface area contributed by atoms with Crippen LogP contribution in [0.2, 0.25) is 5.02 Å². The first-order chi connectivity index (χ1) is 10.7. The second-order valence-corrected chi connectivity index (χ2v) is 4.63. The molecule has 1 aromatic heterocycles. The highest BCUT2D eigenvalue weighted by molar-refractivity contribution is 6.31. The number of nitrogens with zero attached hydrogens (tertiary/aromatic N) is 2. The SMILES string of the molecule is O=C(O)c1ncc(-c2c(C(F)F)ccc(Cl)c2F)nc1C(F)F. The molecule has 2 rings (SSSR count). The fourth-order valence-electron chi connectivity index (χ4n) is 1.85. The zero-order valence-electron chi connectivity index (χ0n) is 10.9. The fourth-order valence-corrected chi connectivity index (χ4v) is 2.01. The molecule has 122 valence electrons. The van der Waals surface area contributed by atoms with Crippen LogP contribution in [0.15, 0.2) is 18.3 Å².